The van der Waals surface area contributed by atoms with E-state index in [1.54, 1.807) is 0 Å². The zero-order valence-electron chi connectivity index (χ0n) is 12.3. The second-order valence-electron chi connectivity index (χ2n) is 6.39. The van der Waals surface area contributed by atoms with E-state index in [2.05, 4.69) is 5.32 Å². The number of nitrogens with one attached hydrogen (secondary N) is 1. The Hall–Kier alpha value is -0.780. The number of carbonyl (C=O) groups is 1. The third kappa shape index (κ3) is 2.54. The van der Waals surface area contributed by atoms with Crippen LogP contribution >= 0.6 is 0 Å². The van der Waals surface area contributed by atoms with Crippen molar-refractivity contribution in [2.24, 2.45) is 5.92 Å². The van der Waals surface area contributed by atoms with Gasteiger partial charge in [0.2, 0.25) is 5.91 Å². The summed E-state index contributed by atoms with van der Waals surface area (Å²) in [7, 11) is 0. The molecule has 0 aromatic rings. The van der Waals surface area contributed by atoms with Crippen LogP contribution in [-0.4, -0.2) is 34.7 Å². The van der Waals surface area contributed by atoms with Crippen molar-refractivity contribution in [2.45, 2.75) is 76.8 Å². The van der Waals surface area contributed by atoms with Gasteiger partial charge in [0.25, 0.3) is 0 Å². The van der Waals surface area contributed by atoms with Crippen LogP contribution in [0.2, 0.25) is 0 Å². The SMILES string of the molecule is CCCC1NC(CC(C)C)C(=O)N1C1(C(F)(F)F)CC1. The second kappa shape index (κ2) is 5.20. The summed E-state index contributed by atoms with van der Waals surface area (Å²) in [5.41, 5.74) is -1.90. The molecular formula is C14H23F3N2O. The molecule has 0 radical (unpaired) electrons. The second-order valence-corrected chi connectivity index (χ2v) is 6.39. The first-order valence-electron chi connectivity index (χ1n) is 7.39. The Morgan fingerprint density at radius 2 is 2.00 bits per heavy atom. The minimum absolute atomic E-state index is 0.0402. The first kappa shape index (κ1) is 15.6. The number of hydrogen-bond acceptors (Lipinski definition) is 2. The fourth-order valence-electron chi connectivity index (χ4n) is 3.11. The minimum atomic E-state index is -4.33. The van der Waals surface area contributed by atoms with Crippen LogP contribution in [0.3, 0.4) is 0 Å². The van der Waals surface area contributed by atoms with Gasteiger partial charge in [0.05, 0.1) is 12.2 Å². The summed E-state index contributed by atoms with van der Waals surface area (Å²) < 4.78 is 39.9. The summed E-state index contributed by atoms with van der Waals surface area (Å²) in [4.78, 5) is 13.5. The third-order valence-corrected chi connectivity index (χ3v) is 4.22. The lowest BCUT2D eigenvalue weighted by Gasteiger charge is -2.34. The molecular weight excluding hydrogens is 269 g/mol. The zero-order chi connectivity index (χ0) is 15.1. The largest absolute Gasteiger partial charge is 0.411 e. The minimum Gasteiger partial charge on any atom is -0.311 e. The molecule has 0 bridgehead atoms. The van der Waals surface area contributed by atoms with Crippen LogP contribution in [0.4, 0.5) is 13.2 Å². The average Bonchev–Trinajstić information content (AvgIpc) is 3.03. The van der Waals surface area contributed by atoms with Crippen LogP contribution in [0, 0.1) is 5.92 Å². The fourth-order valence-corrected chi connectivity index (χ4v) is 3.11. The van der Waals surface area contributed by atoms with Crippen LogP contribution < -0.4 is 5.32 Å². The molecule has 2 aliphatic rings. The molecule has 6 heteroatoms. The molecule has 3 nitrogen and oxygen atoms in total. The molecule has 0 aromatic carbocycles. The molecule has 1 heterocycles. The molecule has 2 unspecified atom stereocenters. The molecule has 1 saturated heterocycles. The Kier molecular flexibility index (Phi) is 4.06. The van der Waals surface area contributed by atoms with Gasteiger partial charge in [-0.2, -0.15) is 13.2 Å². The molecule has 2 atom stereocenters. The topological polar surface area (TPSA) is 32.3 Å². The predicted octanol–water partition coefficient (Wildman–Crippen LogP) is 3.05. The molecule has 2 fully saturated rings. The van der Waals surface area contributed by atoms with E-state index in [-0.39, 0.29) is 24.7 Å². The maximum atomic E-state index is 13.3. The smallest absolute Gasteiger partial charge is 0.311 e. The van der Waals surface area contributed by atoms with E-state index < -0.39 is 23.9 Å². The van der Waals surface area contributed by atoms with Gasteiger partial charge < -0.3 is 4.90 Å². The summed E-state index contributed by atoms with van der Waals surface area (Å²) >= 11 is 0. The van der Waals surface area contributed by atoms with E-state index in [1.807, 2.05) is 20.8 Å². The summed E-state index contributed by atoms with van der Waals surface area (Å²) in [5.74, 6) is -0.0910. The Bertz CT molecular complexity index is 377. The van der Waals surface area contributed by atoms with Crippen LogP contribution in [0.15, 0.2) is 0 Å². The van der Waals surface area contributed by atoms with E-state index in [0.717, 1.165) is 11.3 Å². The zero-order valence-corrected chi connectivity index (χ0v) is 12.3. The van der Waals surface area contributed by atoms with Crippen LogP contribution in [0.25, 0.3) is 0 Å². The fraction of sp³-hybridized carbons (Fsp3) is 0.929. The summed E-state index contributed by atoms with van der Waals surface area (Å²) in [6, 6.07) is -0.466. The van der Waals surface area contributed by atoms with Crippen molar-refractivity contribution >= 4 is 5.91 Å². The van der Waals surface area contributed by atoms with E-state index in [4.69, 9.17) is 0 Å². The van der Waals surface area contributed by atoms with Gasteiger partial charge in [0.15, 0.2) is 0 Å². The number of alkyl halides is 3. The molecule has 116 valence electrons. The number of rotatable bonds is 5. The van der Waals surface area contributed by atoms with Gasteiger partial charge in [-0.1, -0.05) is 27.2 Å². The number of carbonyl (C=O) groups excluding carboxylic acids is 1. The molecule has 20 heavy (non-hydrogen) atoms. The summed E-state index contributed by atoms with van der Waals surface area (Å²) in [6.07, 6.45) is -2.81. The molecule has 0 aromatic heterocycles. The first-order valence-corrected chi connectivity index (χ1v) is 7.39. The van der Waals surface area contributed by atoms with Crippen molar-refractivity contribution in [3.05, 3.63) is 0 Å². The number of hydrogen-bond donors (Lipinski definition) is 1. The van der Waals surface area contributed by atoms with Crippen LogP contribution in [-0.2, 0) is 4.79 Å². The standard InChI is InChI=1S/C14H23F3N2O/c1-4-5-11-18-10(8-9(2)3)12(20)19(11)13(6-7-13)14(15,16)17/h9-11,18H,4-8H2,1-3H3. The van der Waals surface area contributed by atoms with Gasteiger partial charge in [-0.15, -0.1) is 0 Å². The number of halogens is 3. The van der Waals surface area contributed by atoms with Crippen molar-refractivity contribution < 1.29 is 18.0 Å². The normalized spacial score (nSPS) is 29.4. The Morgan fingerprint density at radius 1 is 1.40 bits per heavy atom. The van der Waals surface area contributed by atoms with Gasteiger partial charge in [0, 0.05) is 0 Å². The molecule has 1 N–H and O–H groups in total. The summed E-state index contributed by atoms with van der Waals surface area (Å²) in [5, 5.41) is 3.12. The average molecular weight is 292 g/mol. The quantitative estimate of drug-likeness (QED) is 0.844. The van der Waals surface area contributed by atoms with Crippen molar-refractivity contribution in [3.63, 3.8) is 0 Å². The van der Waals surface area contributed by atoms with Crippen LogP contribution in [0.1, 0.15) is 52.9 Å². The van der Waals surface area contributed by atoms with Crippen LogP contribution in [0.5, 0.6) is 0 Å². The van der Waals surface area contributed by atoms with Crippen molar-refractivity contribution in [1.29, 1.82) is 0 Å². The highest BCUT2D eigenvalue weighted by atomic mass is 19.4. The number of nitrogens with zero attached hydrogens (tertiary/aromatic N) is 1. The van der Waals surface area contributed by atoms with Crippen molar-refractivity contribution in [2.75, 3.05) is 0 Å². The molecule has 2 rings (SSSR count). The van der Waals surface area contributed by atoms with E-state index >= 15 is 0 Å². The van der Waals surface area contributed by atoms with E-state index in [0.29, 0.717) is 12.8 Å². The van der Waals surface area contributed by atoms with Gasteiger partial charge in [0.1, 0.15) is 5.54 Å². The lowest BCUT2D eigenvalue weighted by molar-refractivity contribution is -0.202. The Labute approximate surface area is 117 Å². The summed E-state index contributed by atoms with van der Waals surface area (Å²) in [6.45, 7) is 5.87. The lowest BCUT2D eigenvalue weighted by Crippen LogP contribution is -2.54. The Balaban J connectivity index is 2.23. The van der Waals surface area contributed by atoms with Gasteiger partial charge in [-0.25, -0.2) is 0 Å². The molecule has 0 spiro atoms. The third-order valence-electron chi connectivity index (χ3n) is 4.22. The Morgan fingerprint density at radius 3 is 2.40 bits per heavy atom. The van der Waals surface area contributed by atoms with Gasteiger partial charge in [-0.3, -0.25) is 10.1 Å². The highest BCUT2D eigenvalue weighted by Gasteiger charge is 2.70. The van der Waals surface area contributed by atoms with Crippen molar-refractivity contribution in [3.8, 4) is 0 Å². The highest BCUT2D eigenvalue weighted by Crippen LogP contribution is 2.55. The molecule has 1 saturated carbocycles. The predicted molar refractivity (Wildman–Crippen MR) is 69.9 cm³/mol. The number of amides is 1. The highest BCUT2D eigenvalue weighted by molar-refractivity contribution is 5.85. The maximum Gasteiger partial charge on any atom is 0.411 e. The maximum absolute atomic E-state index is 13.3. The lowest BCUT2D eigenvalue weighted by atomic mass is 10.0. The molecule has 1 amide bonds. The molecule has 1 aliphatic heterocycles. The van der Waals surface area contributed by atoms with Gasteiger partial charge >= 0.3 is 6.18 Å². The van der Waals surface area contributed by atoms with E-state index in [9.17, 15) is 18.0 Å². The van der Waals surface area contributed by atoms with Gasteiger partial charge in [-0.05, 0) is 31.6 Å². The monoisotopic (exact) mass is 292 g/mol. The molecule has 1 aliphatic carbocycles. The first-order chi connectivity index (χ1) is 9.23. The van der Waals surface area contributed by atoms with Crippen molar-refractivity contribution in [1.82, 2.24) is 10.2 Å². The van der Waals surface area contributed by atoms with E-state index in [1.165, 1.54) is 0 Å².